The molecule has 0 bridgehead atoms. The highest BCUT2D eigenvalue weighted by molar-refractivity contribution is 7.47. The Kier molecular flexibility index (Phi) is 38.4. The van der Waals surface area contributed by atoms with Gasteiger partial charge in [0.1, 0.15) is 12.2 Å². The minimum Gasteiger partial charge on any atom is -0.457 e. The number of hydrogen-bond donors (Lipinski definition) is 3. The van der Waals surface area contributed by atoms with E-state index in [9.17, 15) is 19.4 Å². The summed E-state index contributed by atoms with van der Waals surface area (Å²) in [4.78, 5) is 22.5. The Hall–Kier alpha value is -1.32. The molecule has 0 saturated carbocycles. The van der Waals surface area contributed by atoms with Crippen molar-refractivity contribution in [3.63, 3.8) is 0 Å². The predicted molar refractivity (Wildman–Crippen MR) is 214 cm³/mol. The van der Waals surface area contributed by atoms with Crippen LogP contribution in [-0.4, -0.2) is 66.3 Å². The Labute approximate surface area is 318 Å². The number of phosphoric acid groups is 1. The SMILES string of the molecule is CCCCCCC/C=C\C/C=C\C/C=C\CCCCCCCCCCC(=O)OC(COCCCCCCCCCC)COP(=O)(O)OCC(O)CO. The van der Waals surface area contributed by atoms with E-state index in [0.29, 0.717) is 6.61 Å². The third kappa shape index (κ3) is 38.4. The molecule has 306 valence electrons. The summed E-state index contributed by atoms with van der Waals surface area (Å²) in [5.41, 5.74) is 0. The van der Waals surface area contributed by atoms with Crippen LogP contribution in [0.15, 0.2) is 36.5 Å². The summed E-state index contributed by atoms with van der Waals surface area (Å²) in [6.45, 7) is 3.47. The van der Waals surface area contributed by atoms with Gasteiger partial charge in [0.15, 0.2) is 0 Å². The topological polar surface area (TPSA) is 132 Å². The lowest BCUT2D eigenvalue weighted by molar-refractivity contribution is -0.154. The van der Waals surface area contributed by atoms with Gasteiger partial charge in [0.25, 0.3) is 0 Å². The van der Waals surface area contributed by atoms with Crippen LogP contribution in [-0.2, 0) is 27.9 Å². The van der Waals surface area contributed by atoms with E-state index in [-0.39, 0.29) is 19.6 Å². The minimum absolute atomic E-state index is 0.0472. The number of phosphoric ester groups is 1. The van der Waals surface area contributed by atoms with Crippen LogP contribution in [0.25, 0.3) is 0 Å². The fourth-order valence-electron chi connectivity index (χ4n) is 5.60. The van der Waals surface area contributed by atoms with E-state index in [0.717, 1.165) is 64.2 Å². The van der Waals surface area contributed by atoms with E-state index in [2.05, 4.69) is 50.3 Å². The Morgan fingerprint density at radius 1 is 0.596 bits per heavy atom. The first kappa shape index (κ1) is 50.7. The average Bonchev–Trinajstić information content (AvgIpc) is 3.13. The number of unbranched alkanes of at least 4 members (excludes halogenated alkanes) is 20. The monoisotopic (exact) mass is 759 g/mol. The Morgan fingerprint density at radius 2 is 1.04 bits per heavy atom. The smallest absolute Gasteiger partial charge is 0.457 e. The van der Waals surface area contributed by atoms with E-state index in [1.807, 2.05) is 0 Å². The molecule has 3 N–H and O–H groups in total. The molecule has 0 rings (SSSR count). The van der Waals surface area contributed by atoms with Crippen LogP contribution < -0.4 is 0 Å². The molecule has 0 aromatic heterocycles. The minimum atomic E-state index is -4.51. The number of allylic oxidation sites excluding steroid dienone is 6. The number of esters is 1. The van der Waals surface area contributed by atoms with Gasteiger partial charge in [-0.3, -0.25) is 13.8 Å². The normalized spacial score (nSPS) is 14.5. The number of carbonyl (C=O) groups excluding carboxylic acids is 1. The number of hydrogen-bond acceptors (Lipinski definition) is 8. The molecule has 0 aliphatic heterocycles. The summed E-state index contributed by atoms with van der Waals surface area (Å²) >= 11 is 0. The summed E-state index contributed by atoms with van der Waals surface area (Å²) < 4.78 is 33.2. The van der Waals surface area contributed by atoms with Gasteiger partial charge in [0, 0.05) is 13.0 Å². The molecule has 3 atom stereocenters. The fourth-order valence-corrected chi connectivity index (χ4v) is 6.39. The second kappa shape index (κ2) is 39.4. The van der Waals surface area contributed by atoms with Crippen molar-refractivity contribution in [2.45, 2.75) is 193 Å². The molecule has 0 saturated heterocycles. The van der Waals surface area contributed by atoms with Gasteiger partial charge >= 0.3 is 13.8 Å². The lowest BCUT2D eigenvalue weighted by Crippen LogP contribution is -2.29. The number of aliphatic hydroxyl groups excluding tert-OH is 2. The van der Waals surface area contributed by atoms with Crippen LogP contribution in [0.2, 0.25) is 0 Å². The van der Waals surface area contributed by atoms with Crippen molar-refractivity contribution in [2.75, 3.05) is 33.0 Å². The van der Waals surface area contributed by atoms with Gasteiger partial charge in [-0.15, -0.1) is 0 Å². The first-order chi connectivity index (χ1) is 25.3. The lowest BCUT2D eigenvalue weighted by Gasteiger charge is -2.20. The standard InChI is InChI=1S/C42H79O9P/c1-3-5-7-9-11-13-14-15-16-17-18-19-20-21-22-23-24-25-26-27-28-30-32-34-42(45)51-41(39-50-52(46,47)49-37-40(44)36-43)38-48-35-33-31-29-12-10-8-6-4-2/h14-15,17-18,20-21,40-41,43-44H,3-13,16,19,22-39H2,1-2H3,(H,46,47)/b15-14-,18-17-,21-20-. The summed E-state index contributed by atoms with van der Waals surface area (Å²) in [5, 5.41) is 18.3. The van der Waals surface area contributed by atoms with Crippen molar-refractivity contribution in [3.05, 3.63) is 36.5 Å². The van der Waals surface area contributed by atoms with Crippen molar-refractivity contribution in [3.8, 4) is 0 Å². The maximum Gasteiger partial charge on any atom is 0.472 e. The van der Waals surface area contributed by atoms with Crippen molar-refractivity contribution in [1.29, 1.82) is 0 Å². The van der Waals surface area contributed by atoms with Crippen molar-refractivity contribution in [2.24, 2.45) is 0 Å². The molecule has 0 heterocycles. The molecular weight excluding hydrogens is 679 g/mol. The predicted octanol–water partition coefficient (Wildman–Crippen LogP) is 11.3. The molecule has 9 nitrogen and oxygen atoms in total. The van der Waals surface area contributed by atoms with Crippen molar-refractivity contribution < 1.29 is 43.0 Å². The quantitative estimate of drug-likeness (QED) is 0.0242. The van der Waals surface area contributed by atoms with Gasteiger partial charge in [-0.05, 0) is 51.4 Å². The third-order valence-electron chi connectivity index (χ3n) is 8.83. The van der Waals surface area contributed by atoms with Gasteiger partial charge in [-0.2, -0.15) is 0 Å². The number of rotatable bonds is 40. The van der Waals surface area contributed by atoms with E-state index in [4.69, 9.17) is 23.6 Å². The highest BCUT2D eigenvalue weighted by Gasteiger charge is 2.26. The molecule has 0 radical (unpaired) electrons. The highest BCUT2D eigenvalue weighted by Crippen LogP contribution is 2.43. The molecule has 52 heavy (non-hydrogen) atoms. The van der Waals surface area contributed by atoms with Crippen molar-refractivity contribution >= 4 is 13.8 Å². The maximum atomic E-state index is 12.6. The number of ether oxygens (including phenoxy) is 2. The van der Waals surface area contributed by atoms with Gasteiger partial charge in [-0.1, -0.05) is 159 Å². The van der Waals surface area contributed by atoms with Crippen LogP contribution >= 0.6 is 7.82 Å². The second-order valence-corrected chi connectivity index (χ2v) is 15.5. The summed E-state index contributed by atoms with van der Waals surface area (Å²) in [7, 11) is -4.51. The third-order valence-corrected chi connectivity index (χ3v) is 9.78. The fraction of sp³-hybridized carbons (Fsp3) is 0.833. The maximum absolute atomic E-state index is 12.6. The van der Waals surface area contributed by atoms with E-state index in [1.165, 1.54) is 96.3 Å². The molecule has 0 aromatic carbocycles. The van der Waals surface area contributed by atoms with E-state index < -0.39 is 39.2 Å². The second-order valence-electron chi connectivity index (χ2n) is 14.0. The molecule has 0 fully saturated rings. The number of carbonyl (C=O) groups is 1. The first-order valence-corrected chi connectivity index (χ1v) is 22.5. The van der Waals surface area contributed by atoms with Crippen LogP contribution in [0.3, 0.4) is 0 Å². The van der Waals surface area contributed by atoms with Crippen LogP contribution in [0.5, 0.6) is 0 Å². The first-order valence-electron chi connectivity index (χ1n) is 21.0. The summed E-state index contributed by atoms with van der Waals surface area (Å²) in [6, 6.07) is 0. The zero-order valence-electron chi connectivity index (χ0n) is 33.3. The average molecular weight is 759 g/mol. The van der Waals surface area contributed by atoms with Gasteiger partial charge in [-0.25, -0.2) is 4.57 Å². The molecule has 0 aliphatic carbocycles. The van der Waals surface area contributed by atoms with Crippen LogP contribution in [0.1, 0.15) is 181 Å². The molecule has 0 aliphatic rings. The molecular formula is C42H79O9P. The molecule has 3 unspecified atom stereocenters. The zero-order chi connectivity index (χ0) is 38.2. The Bertz CT molecular complexity index is 908. The molecule has 10 heteroatoms. The van der Waals surface area contributed by atoms with Gasteiger partial charge < -0.3 is 24.6 Å². The Morgan fingerprint density at radius 3 is 1.56 bits per heavy atom. The summed E-state index contributed by atoms with van der Waals surface area (Å²) in [6.07, 6.45) is 41.1. The summed E-state index contributed by atoms with van der Waals surface area (Å²) in [5.74, 6) is -0.391. The van der Waals surface area contributed by atoms with Gasteiger partial charge in [0.2, 0.25) is 0 Å². The largest absolute Gasteiger partial charge is 0.472 e. The molecule has 0 spiro atoms. The number of aliphatic hydroxyl groups is 2. The highest BCUT2D eigenvalue weighted by atomic mass is 31.2. The Balaban J connectivity index is 4.07. The van der Waals surface area contributed by atoms with Crippen LogP contribution in [0.4, 0.5) is 0 Å². The van der Waals surface area contributed by atoms with E-state index >= 15 is 0 Å². The van der Waals surface area contributed by atoms with Gasteiger partial charge in [0.05, 0.1) is 26.4 Å². The molecule has 0 amide bonds. The van der Waals surface area contributed by atoms with Crippen molar-refractivity contribution in [1.82, 2.24) is 0 Å². The van der Waals surface area contributed by atoms with Crippen LogP contribution in [0, 0.1) is 0 Å². The van der Waals surface area contributed by atoms with E-state index in [1.54, 1.807) is 0 Å². The molecule has 0 aromatic rings. The lowest BCUT2D eigenvalue weighted by atomic mass is 10.1. The zero-order valence-corrected chi connectivity index (χ0v) is 34.2.